The molecule has 0 amide bonds. The van der Waals surface area contributed by atoms with Crippen LogP contribution in [0.5, 0.6) is 5.75 Å². The number of carbonyl (C=O) groups is 2. The molecule has 0 aliphatic rings. The molecule has 0 aromatic heterocycles. The molecule has 0 aliphatic carbocycles. The van der Waals surface area contributed by atoms with Gasteiger partial charge in [-0.15, -0.1) is 0 Å². The SMILES string of the molecule is COC(=O)CCC(=O)c1c(OC(C)C)cc(C)c(Cl)c1C. The Bertz CT molecular complexity index is 550. The maximum atomic E-state index is 12.4. The first kappa shape index (κ1) is 17.5. The van der Waals surface area contributed by atoms with E-state index in [0.717, 1.165) is 5.56 Å². The zero-order chi connectivity index (χ0) is 16.2. The van der Waals surface area contributed by atoms with E-state index in [1.54, 1.807) is 13.0 Å². The summed E-state index contributed by atoms with van der Waals surface area (Å²) in [5.74, 6) is -0.0692. The number of methoxy groups -OCH3 is 1. The molecule has 1 aromatic rings. The lowest BCUT2D eigenvalue weighted by Crippen LogP contribution is -2.13. The monoisotopic (exact) mass is 312 g/mol. The number of ether oxygens (including phenoxy) is 2. The van der Waals surface area contributed by atoms with Gasteiger partial charge >= 0.3 is 5.97 Å². The van der Waals surface area contributed by atoms with Crippen molar-refractivity contribution in [3.8, 4) is 5.75 Å². The Morgan fingerprint density at radius 3 is 2.38 bits per heavy atom. The van der Waals surface area contributed by atoms with Crippen molar-refractivity contribution in [1.29, 1.82) is 0 Å². The first-order chi connectivity index (χ1) is 9.77. The average Bonchev–Trinajstić information content (AvgIpc) is 2.41. The molecule has 1 aromatic carbocycles. The minimum Gasteiger partial charge on any atom is -0.490 e. The molecule has 0 heterocycles. The van der Waals surface area contributed by atoms with Gasteiger partial charge in [-0.3, -0.25) is 9.59 Å². The molecule has 0 aliphatic heterocycles. The number of halogens is 1. The second-order valence-corrected chi connectivity index (χ2v) is 5.55. The van der Waals surface area contributed by atoms with E-state index in [0.29, 0.717) is 21.9 Å². The normalized spacial score (nSPS) is 10.6. The quantitative estimate of drug-likeness (QED) is 0.591. The van der Waals surface area contributed by atoms with Gasteiger partial charge in [0.2, 0.25) is 0 Å². The van der Waals surface area contributed by atoms with Crippen molar-refractivity contribution in [2.24, 2.45) is 0 Å². The molecule has 116 valence electrons. The molecular weight excluding hydrogens is 292 g/mol. The molecule has 0 spiro atoms. The summed E-state index contributed by atoms with van der Waals surface area (Å²) in [6, 6.07) is 1.76. The number of ketones is 1. The van der Waals surface area contributed by atoms with Crippen molar-refractivity contribution in [3.05, 3.63) is 27.8 Å². The van der Waals surface area contributed by atoms with Gasteiger partial charge in [0.15, 0.2) is 5.78 Å². The summed E-state index contributed by atoms with van der Waals surface area (Å²) in [7, 11) is 1.30. The fraction of sp³-hybridized carbons (Fsp3) is 0.500. The van der Waals surface area contributed by atoms with Crippen molar-refractivity contribution in [2.75, 3.05) is 7.11 Å². The summed E-state index contributed by atoms with van der Waals surface area (Å²) < 4.78 is 10.3. The molecule has 0 N–H and O–H groups in total. The van der Waals surface area contributed by atoms with E-state index >= 15 is 0 Å². The Hall–Kier alpha value is -1.55. The number of hydrogen-bond donors (Lipinski definition) is 0. The van der Waals surface area contributed by atoms with E-state index in [2.05, 4.69) is 4.74 Å². The highest BCUT2D eigenvalue weighted by atomic mass is 35.5. The Morgan fingerprint density at radius 2 is 1.86 bits per heavy atom. The van der Waals surface area contributed by atoms with E-state index in [1.165, 1.54) is 7.11 Å². The molecule has 0 saturated heterocycles. The van der Waals surface area contributed by atoms with Crippen LogP contribution in [0, 0.1) is 13.8 Å². The average molecular weight is 313 g/mol. The minimum atomic E-state index is -0.412. The van der Waals surface area contributed by atoms with Crippen molar-refractivity contribution in [1.82, 2.24) is 0 Å². The third kappa shape index (κ3) is 4.46. The van der Waals surface area contributed by atoms with E-state index in [4.69, 9.17) is 16.3 Å². The number of carbonyl (C=O) groups excluding carboxylic acids is 2. The number of aryl methyl sites for hydroxylation is 1. The Kier molecular flexibility index (Phi) is 6.21. The number of benzene rings is 1. The van der Waals surface area contributed by atoms with E-state index in [1.807, 2.05) is 20.8 Å². The smallest absolute Gasteiger partial charge is 0.305 e. The fourth-order valence-electron chi connectivity index (χ4n) is 2.06. The Balaban J connectivity index is 3.16. The van der Waals surface area contributed by atoms with Crippen LogP contribution in [0.15, 0.2) is 6.07 Å². The molecule has 21 heavy (non-hydrogen) atoms. The van der Waals surface area contributed by atoms with Crippen LogP contribution in [-0.4, -0.2) is 25.0 Å². The van der Waals surface area contributed by atoms with Gasteiger partial charge in [0.25, 0.3) is 0 Å². The number of esters is 1. The highest BCUT2D eigenvalue weighted by Gasteiger charge is 2.21. The third-order valence-electron chi connectivity index (χ3n) is 3.07. The molecule has 0 fully saturated rings. The van der Waals surface area contributed by atoms with E-state index in [-0.39, 0.29) is 24.7 Å². The van der Waals surface area contributed by atoms with Crippen molar-refractivity contribution in [2.45, 2.75) is 46.6 Å². The standard InChI is InChI=1S/C16H21ClO4/c1-9(2)21-13-8-10(3)16(17)11(4)15(13)12(18)6-7-14(19)20-5/h8-9H,6-7H2,1-5H3. The molecule has 4 nitrogen and oxygen atoms in total. The van der Waals surface area contributed by atoms with Gasteiger partial charge < -0.3 is 9.47 Å². The molecule has 0 bridgehead atoms. The van der Waals surface area contributed by atoms with Crippen molar-refractivity contribution >= 4 is 23.4 Å². The summed E-state index contributed by atoms with van der Waals surface area (Å²) in [5, 5.41) is 0.549. The third-order valence-corrected chi connectivity index (χ3v) is 3.65. The molecule has 0 radical (unpaired) electrons. The van der Waals surface area contributed by atoms with Gasteiger partial charge in [0.05, 0.1) is 25.2 Å². The topological polar surface area (TPSA) is 52.6 Å². The Morgan fingerprint density at radius 1 is 1.24 bits per heavy atom. The molecule has 5 heteroatoms. The molecule has 0 atom stereocenters. The van der Waals surface area contributed by atoms with Crippen LogP contribution in [0.3, 0.4) is 0 Å². The molecule has 0 unspecified atom stereocenters. The van der Waals surface area contributed by atoms with Crippen LogP contribution in [0.2, 0.25) is 5.02 Å². The van der Waals surface area contributed by atoms with E-state index in [9.17, 15) is 9.59 Å². The molecule has 1 rings (SSSR count). The highest BCUT2D eigenvalue weighted by Crippen LogP contribution is 2.33. The second kappa shape index (κ2) is 7.46. The van der Waals surface area contributed by atoms with Crippen LogP contribution in [0.4, 0.5) is 0 Å². The van der Waals surface area contributed by atoms with Crippen LogP contribution in [-0.2, 0) is 9.53 Å². The fourth-order valence-corrected chi connectivity index (χ4v) is 2.21. The predicted octanol–water partition coefficient (Wildman–Crippen LogP) is 3.88. The number of rotatable bonds is 6. The maximum absolute atomic E-state index is 12.4. The van der Waals surface area contributed by atoms with Crippen LogP contribution < -0.4 is 4.74 Å². The van der Waals surface area contributed by atoms with Gasteiger partial charge in [0, 0.05) is 11.4 Å². The second-order valence-electron chi connectivity index (χ2n) is 5.17. The summed E-state index contributed by atoms with van der Waals surface area (Å²) in [6.45, 7) is 7.43. The molecule has 0 saturated carbocycles. The summed E-state index contributed by atoms with van der Waals surface area (Å²) >= 11 is 6.23. The van der Waals surface area contributed by atoms with Crippen LogP contribution in [0.25, 0.3) is 0 Å². The zero-order valence-corrected chi connectivity index (χ0v) is 13.8. The van der Waals surface area contributed by atoms with Crippen LogP contribution >= 0.6 is 11.6 Å². The summed E-state index contributed by atoms with van der Waals surface area (Å²) in [4.78, 5) is 23.6. The largest absolute Gasteiger partial charge is 0.490 e. The van der Waals surface area contributed by atoms with E-state index < -0.39 is 5.97 Å². The van der Waals surface area contributed by atoms with Gasteiger partial charge in [0.1, 0.15) is 5.75 Å². The predicted molar refractivity (Wildman–Crippen MR) is 82.3 cm³/mol. The summed E-state index contributed by atoms with van der Waals surface area (Å²) in [5.41, 5.74) is 1.99. The maximum Gasteiger partial charge on any atom is 0.305 e. The lowest BCUT2D eigenvalue weighted by molar-refractivity contribution is -0.140. The van der Waals surface area contributed by atoms with Crippen molar-refractivity contribution in [3.63, 3.8) is 0 Å². The number of hydrogen-bond acceptors (Lipinski definition) is 4. The Labute approximate surface area is 130 Å². The number of Topliss-reactive ketones (excluding diaryl/α,β-unsaturated/α-hetero) is 1. The highest BCUT2D eigenvalue weighted by molar-refractivity contribution is 6.32. The first-order valence-corrected chi connectivity index (χ1v) is 7.22. The van der Waals surface area contributed by atoms with Gasteiger partial charge in [-0.1, -0.05) is 11.6 Å². The minimum absolute atomic E-state index is 0.0430. The lowest BCUT2D eigenvalue weighted by atomic mass is 9.98. The lowest BCUT2D eigenvalue weighted by Gasteiger charge is -2.18. The summed E-state index contributed by atoms with van der Waals surface area (Å²) in [6.07, 6.45) is 0.0556. The van der Waals surface area contributed by atoms with Crippen LogP contribution in [0.1, 0.15) is 48.2 Å². The van der Waals surface area contributed by atoms with Gasteiger partial charge in [-0.05, 0) is 44.9 Å². The van der Waals surface area contributed by atoms with Crippen molar-refractivity contribution < 1.29 is 19.1 Å². The van der Waals surface area contributed by atoms with Gasteiger partial charge in [-0.25, -0.2) is 0 Å². The molecular formula is C16H21ClO4. The first-order valence-electron chi connectivity index (χ1n) is 6.84. The van der Waals surface area contributed by atoms with Gasteiger partial charge in [-0.2, -0.15) is 0 Å². The zero-order valence-electron chi connectivity index (χ0n) is 13.1.